The first-order valence-electron chi connectivity index (χ1n) is 11.8. The van der Waals surface area contributed by atoms with Gasteiger partial charge in [0, 0.05) is 55.3 Å². The lowest BCUT2D eigenvalue weighted by atomic mass is 10.1. The molecule has 8 heteroatoms. The van der Waals surface area contributed by atoms with Crippen molar-refractivity contribution in [1.82, 2.24) is 24.8 Å². The second kappa shape index (κ2) is 11.3. The van der Waals surface area contributed by atoms with Crippen molar-refractivity contribution in [3.63, 3.8) is 0 Å². The Morgan fingerprint density at radius 2 is 1.91 bits per heavy atom. The third kappa shape index (κ3) is 6.21. The Hall–Kier alpha value is -3.23. The van der Waals surface area contributed by atoms with Crippen LogP contribution in [0.5, 0.6) is 5.88 Å². The Kier molecular flexibility index (Phi) is 7.92. The van der Waals surface area contributed by atoms with E-state index in [1.807, 2.05) is 36.7 Å². The van der Waals surface area contributed by atoms with Crippen LogP contribution in [0.2, 0.25) is 0 Å². The number of ether oxygens (including phenoxy) is 2. The summed E-state index contributed by atoms with van der Waals surface area (Å²) in [5, 5.41) is 2.95. The Morgan fingerprint density at radius 1 is 1.15 bits per heavy atom. The SMILES string of the molecule is COc1cc(-c2nc(-c3ccc(CCN4CCOCC4)cc3)cn2CC(=O)NC(C)C)ccn1. The summed E-state index contributed by atoms with van der Waals surface area (Å²) in [6.45, 7) is 8.77. The maximum absolute atomic E-state index is 12.5. The van der Waals surface area contributed by atoms with Crippen LogP contribution in [0.4, 0.5) is 0 Å². The number of aromatic nitrogens is 3. The summed E-state index contributed by atoms with van der Waals surface area (Å²) in [4.78, 5) is 24.0. The summed E-state index contributed by atoms with van der Waals surface area (Å²) in [6, 6.07) is 12.3. The van der Waals surface area contributed by atoms with Crippen LogP contribution in [-0.4, -0.2) is 71.3 Å². The largest absolute Gasteiger partial charge is 0.481 e. The van der Waals surface area contributed by atoms with E-state index in [4.69, 9.17) is 14.5 Å². The number of hydrogen-bond acceptors (Lipinski definition) is 6. The van der Waals surface area contributed by atoms with Crippen LogP contribution in [0, 0.1) is 0 Å². The van der Waals surface area contributed by atoms with E-state index in [0.717, 1.165) is 56.1 Å². The van der Waals surface area contributed by atoms with Crippen molar-refractivity contribution < 1.29 is 14.3 Å². The van der Waals surface area contributed by atoms with Crippen LogP contribution in [0.25, 0.3) is 22.6 Å². The van der Waals surface area contributed by atoms with Crippen molar-refractivity contribution in [3.8, 4) is 28.5 Å². The molecule has 8 nitrogen and oxygen atoms in total. The standard InChI is InChI=1S/C26H33N5O3/c1-19(2)28-24(32)18-31-17-23(29-26(31)22-8-10-27-25(16-22)33-3)21-6-4-20(5-7-21)9-11-30-12-14-34-15-13-30/h4-8,10,16-17,19H,9,11-15,18H2,1-3H3,(H,28,32). The summed E-state index contributed by atoms with van der Waals surface area (Å²) in [5.74, 6) is 1.15. The minimum absolute atomic E-state index is 0.0559. The van der Waals surface area contributed by atoms with Crippen molar-refractivity contribution in [2.45, 2.75) is 32.9 Å². The molecule has 1 amide bonds. The molecule has 0 spiro atoms. The monoisotopic (exact) mass is 463 g/mol. The minimum atomic E-state index is -0.0559. The molecule has 0 bridgehead atoms. The fourth-order valence-electron chi connectivity index (χ4n) is 4.04. The molecule has 0 radical (unpaired) electrons. The van der Waals surface area contributed by atoms with Gasteiger partial charge in [-0.2, -0.15) is 0 Å². The molecule has 4 rings (SSSR count). The van der Waals surface area contributed by atoms with Gasteiger partial charge in [0.2, 0.25) is 11.8 Å². The van der Waals surface area contributed by atoms with E-state index in [2.05, 4.69) is 39.5 Å². The Bertz CT molecular complexity index is 1090. The highest BCUT2D eigenvalue weighted by atomic mass is 16.5. The first-order chi connectivity index (χ1) is 16.5. The molecular formula is C26H33N5O3. The molecule has 1 aromatic carbocycles. The number of pyridine rings is 1. The molecule has 0 saturated carbocycles. The van der Waals surface area contributed by atoms with Gasteiger partial charge in [0.05, 0.1) is 26.0 Å². The maximum atomic E-state index is 12.5. The number of amides is 1. The number of rotatable bonds is 9. The fraction of sp³-hybridized carbons (Fsp3) is 0.423. The molecule has 180 valence electrons. The van der Waals surface area contributed by atoms with E-state index in [1.165, 1.54) is 5.56 Å². The molecule has 1 saturated heterocycles. The number of carbonyl (C=O) groups excluding carboxylic acids is 1. The molecule has 0 atom stereocenters. The van der Waals surface area contributed by atoms with Crippen LogP contribution in [0.1, 0.15) is 19.4 Å². The first kappa shape index (κ1) is 23.9. The van der Waals surface area contributed by atoms with Crippen molar-refractivity contribution in [2.24, 2.45) is 0 Å². The van der Waals surface area contributed by atoms with Crippen molar-refractivity contribution >= 4 is 5.91 Å². The third-order valence-electron chi connectivity index (χ3n) is 5.81. The molecule has 0 unspecified atom stereocenters. The smallest absolute Gasteiger partial charge is 0.240 e. The van der Waals surface area contributed by atoms with Gasteiger partial charge in [-0.25, -0.2) is 9.97 Å². The number of imidazole rings is 1. The van der Waals surface area contributed by atoms with Crippen LogP contribution in [0.15, 0.2) is 48.8 Å². The van der Waals surface area contributed by atoms with Gasteiger partial charge in [-0.05, 0) is 31.9 Å². The maximum Gasteiger partial charge on any atom is 0.240 e. The number of hydrogen-bond donors (Lipinski definition) is 1. The summed E-state index contributed by atoms with van der Waals surface area (Å²) in [7, 11) is 1.58. The number of methoxy groups -OCH3 is 1. The van der Waals surface area contributed by atoms with E-state index in [9.17, 15) is 4.79 Å². The normalized spacial score (nSPS) is 14.4. The third-order valence-corrected chi connectivity index (χ3v) is 5.81. The summed E-state index contributed by atoms with van der Waals surface area (Å²) in [5.41, 5.74) is 3.98. The number of nitrogens with one attached hydrogen (secondary N) is 1. The van der Waals surface area contributed by atoms with Gasteiger partial charge in [-0.1, -0.05) is 24.3 Å². The van der Waals surface area contributed by atoms with Gasteiger partial charge in [0.15, 0.2) is 0 Å². The van der Waals surface area contributed by atoms with Crippen LogP contribution in [0.3, 0.4) is 0 Å². The van der Waals surface area contributed by atoms with Gasteiger partial charge in [-0.3, -0.25) is 9.69 Å². The molecule has 1 fully saturated rings. The van der Waals surface area contributed by atoms with E-state index >= 15 is 0 Å². The summed E-state index contributed by atoms with van der Waals surface area (Å²) < 4.78 is 12.6. The predicted octanol–water partition coefficient (Wildman–Crippen LogP) is 3.02. The van der Waals surface area contributed by atoms with Crippen molar-refractivity contribution in [3.05, 3.63) is 54.4 Å². The lowest BCUT2D eigenvalue weighted by molar-refractivity contribution is -0.122. The molecule has 3 heterocycles. The Morgan fingerprint density at radius 3 is 2.62 bits per heavy atom. The van der Waals surface area contributed by atoms with Crippen LogP contribution in [-0.2, 0) is 22.5 Å². The molecule has 3 aromatic rings. The number of benzene rings is 1. The average molecular weight is 464 g/mol. The van der Waals surface area contributed by atoms with Crippen molar-refractivity contribution in [1.29, 1.82) is 0 Å². The van der Waals surface area contributed by atoms with Crippen LogP contribution >= 0.6 is 0 Å². The lowest BCUT2D eigenvalue weighted by Gasteiger charge is -2.26. The predicted molar refractivity (Wildman–Crippen MR) is 132 cm³/mol. The fourth-order valence-corrected chi connectivity index (χ4v) is 4.04. The molecule has 1 aliphatic heterocycles. The van der Waals surface area contributed by atoms with Crippen molar-refractivity contribution in [2.75, 3.05) is 40.0 Å². The lowest BCUT2D eigenvalue weighted by Crippen LogP contribution is -2.37. The molecule has 1 aliphatic rings. The zero-order valence-electron chi connectivity index (χ0n) is 20.2. The van der Waals surface area contributed by atoms with Crippen LogP contribution < -0.4 is 10.1 Å². The van der Waals surface area contributed by atoms with Gasteiger partial charge in [0.1, 0.15) is 12.4 Å². The molecule has 0 aliphatic carbocycles. The second-order valence-electron chi connectivity index (χ2n) is 8.79. The van der Waals surface area contributed by atoms with E-state index in [0.29, 0.717) is 11.7 Å². The molecule has 34 heavy (non-hydrogen) atoms. The van der Waals surface area contributed by atoms with Gasteiger partial charge < -0.3 is 19.4 Å². The summed E-state index contributed by atoms with van der Waals surface area (Å²) >= 11 is 0. The van der Waals surface area contributed by atoms with E-state index in [-0.39, 0.29) is 18.5 Å². The quantitative estimate of drug-likeness (QED) is 0.525. The number of carbonyl (C=O) groups is 1. The number of morpholine rings is 1. The average Bonchev–Trinajstić information content (AvgIpc) is 3.26. The highest BCUT2D eigenvalue weighted by Gasteiger charge is 2.16. The summed E-state index contributed by atoms with van der Waals surface area (Å²) in [6.07, 6.45) is 4.63. The highest BCUT2D eigenvalue weighted by molar-refractivity contribution is 5.77. The van der Waals surface area contributed by atoms with E-state index < -0.39 is 0 Å². The van der Waals surface area contributed by atoms with E-state index in [1.54, 1.807) is 13.3 Å². The minimum Gasteiger partial charge on any atom is -0.481 e. The topological polar surface area (TPSA) is 81.5 Å². The van der Waals surface area contributed by atoms with Gasteiger partial charge in [-0.15, -0.1) is 0 Å². The van der Waals surface area contributed by atoms with Gasteiger partial charge >= 0.3 is 0 Å². The zero-order chi connectivity index (χ0) is 23.9. The van der Waals surface area contributed by atoms with Gasteiger partial charge in [0.25, 0.3) is 0 Å². The number of nitrogens with zero attached hydrogens (tertiary/aromatic N) is 4. The second-order valence-corrected chi connectivity index (χ2v) is 8.79. The first-order valence-corrected chi connectivity index (χ1v) is 11.8. The molecular weight excluding hydrogens is 430 g/mol. The zero-order valence-corrected chi connectivity index (χ0v) is 20.2. The molecule has 1 N–H and O–H groups in total. The molecule has 2 aromatic heterocycles. The Balaban J connectivity index is 1.55. The Labute approximate surface area is 200 Å². The highest BCUT2D eigenvalue weighted by Crippen LogP contribution is 2.27.